The summed E-state index contributed by atoms with van der Waals surface area (Å²) in [6.45, 7) is 2.79. The van der Waals surface area contributed by atoms with Crippen molar-refractivity contribution >= 4 is 17.5 Å². The van der Waals surface area contributed by atoms with Crippen LogP contribution in [0.4, 0.5) is 4.39 Å². The minimum absolute atomic E-state index is 0.123. The molecule has 0 saturated heterocycles. The van der Waals surface area contributed by atoms with E-state index >= 15 is 0 Å². The van der Waals surface area contributed by atoms with Crippen molar-refractivity contribution in [2.45, 2.75) is 13.5 Å². The van der Waals surface area contributed by atoms with Gasteiger partial charge in [-0.05, 0) is 42.8 Å². The normalized spacial score (nSPS) is 10.2. The highest BCUT2D eigenvalue weighted by molar-refractivity contribution is 6.33. The van der Waals surface area contributed by atoms with Gasteiger partial charge >= 0.3 is 0 Å². The molecule has 0 spiro atoms. The zero-order valence-corrected chi connectivity index (χ0v) is 12.3. The zero-order chi connectivity index (χ0) is 15.2. The van der Waals surface area contributed by atoms with Crippen molar-refractivity contribution in [1.82, 2.24) is 5.32 Å². The number of amides is 1. The first-order chi connectivity index (χ1) is 10.1. The SMILES string of the molecule is CCOc1cccc(CNC(=O)c2cc(F)ccc2Cl)c1. The number of carbonyl (C=O) groups is 1. The number of benzene rings is 2. The number of ether oxygens (including phenoxy) is 1. The monoisotopic (exact) mass is 307 g/mol. The second-order valence-corrected chi connectivity index (χ2v) is 4.79. The number of hydrogen-bond donors (Lipinski definition) is 1. The van der Waals surface area contributed by atoms with Crippen LogP contribution >= 0.6 is 11.6 Å². The zero-order valence-electron chi connectivity index (χ0n) is 11.5. The van der Waals surface area contributed by atoms with Crippen LogP contribution < -0.4 is 10.1 Å². The van der Waals surface area contributed by atoms with Gasteiger partial charge < -0.3 is 10.1 Å². The molecule has 0 fully saturated rings. The maximum atomic E-state index is 13.2. The van der Waals surface area contributed by atoms with Crippen molar-refractivity contribution in [1.29, 1.82) is 0 Å². The predicted octanol–water partition coefficient (Wildman–Crippen LogP) is 3.81. The molecule has 1 amide bonds. The second-order valence-electron chi connectivity index (χ2n) is 4.39. The van der Waals surface area contributed by atoms with E-state index in [0.717, 1.165) is 17.4 Å². The number of hydrogen-bond acceptors (Lipinski definition) is 2. The minimum Gasteiger partial charge on any atom is -0.494 e. The van der Waals surface area contributed by atoms with Crippen LogP contribution in [0.15, 0.2) is 42.5 Å². The molecule has 0 saturated carbocycles. The summed E-state index contributed by atoms with van der Waals surface area (Å²) in [7, 11) is 0. The molecule has 0 aliphatic heterocycles. The molecule has 0 atom stereocenters. The molecule has 0 radical (unpaired) electrons. The Morgan fingerprint density at radius 1 is 1.29 bits per heavy atom. The molecule has 2 rings (SSSR count). The molecule has 110 valence electrons. The van der Waals surface area contributed by atoms with E-state index in [4.69, 9.17) is 16.3 Å². The highest BCUT2D eigenvalue weighted by Crippen LogP contribution is 2.17. The number of carbonyl (C=O) groups excluding carboxylic acids is 1. The summed E-state index contributed by atoms with van der Waals surface area (Å²) < 4.78 is 18.5. The van der Waals surface area contributed by atoms with Gasteiger partial charge in [-0.1, -0.05) is 23.7 Å². The summed E-state index contributed by atoms with van der Waals surface area (Å²) >= 11 is 5.89. The van der Waals surface area contributed by atoms with Crippen LogP contribution in [0.5, 0.6) is 5.75 Å². The smallest absolute Gasteiger partial charge is 0.253 e. The lowest BCUT2D eigenvalue weighted by Crippen LogP contribution is -2.23. The fraction of sp³-hybridized carbons (Fsp3) is 0.188. The summed E-state index contributed by atoms with van der Waals surface area (Å²) in [6, 6.07) is 11.1. The Labute approximate surface area is 127 Å². The molecule has 1 N–H and O–H groups in total. The molecule has 21 heavy (non-hydrogen) atoms. The van der Waals surface area contributed by atoms with Gasteiger partial charge in [0, 0.05) is 6.54 Å². The van der Waals surface area contributed by atoms with Crippen LogP contribution in [0.3, 0.4) is 0 Å². The van der Waals surface area contributed by atoms with Gasteiger partial charge in [0.15, 0.2) is 0 Å². The third-order valence-corrected chi connectivity index (χ3v) is 3.17. The van der Waals surface area contributed by atoms with Crippen LogP contribution in [-0.4, -0.2) is 12.5 Å². The molecular formula is C16H15ClFNO2. The highest BCUT2D eigenvalue weighted by atomic mass is 35.5. The van der Waals surface area contributed by atoms with E-state index in [-0.39, 0.29) is 10.6 Å². The first-order valence-electron chi connectivity index (χ1n) is 6.55. The number of halogens is 2. The molecule has 0 aliphatic carbocycles. The molecule has 2 aromatic rings. The van der Waals surface area contributed by atoms with E-state index < -0.39 is 11.7 Å². The Morgan fingerprint density at radius 2 is 2.10 bits per heavy atom. The van der Waals surface area contributed by atoms with Gasteiger partial charge in [0.05, 0.1) is 17.2 Å². The quantitative estimate of drug-likeness (QED) is 0.912. The average Bonchev–Trinajstić information content (AvgIpc) is 2.48. The summed E-state index contributed by atoms with van der Waals surface area (Å²) in [5.41, 5.74) is 1.01. The molecule has 5 heteroatoms. The minimum atomic E-state index is -0.497. The van der Waals surface area contributed by atoms with Crippen molar-refractivity contribution in [3.63, 3.8) is 0 Å². The van der Waals surface area contributed by atoms with Gasteiger partial charge in [0.1, 0.15) is 11.6 Å². The van der Waals surface area contributed by atoms with Crippen LogP contribution in [0.1, 0.15) is 22.8 Å². The maximum Gasteiger partial charge on any atom is 0.253 e. The van der Waals surface area contributed by atoms with Crippen molar-refractivity contribution in [2.75, 3.05) is 6.61 Å². The lowest BCUT2D eigenvalue weighted by Gasteiger charge is -2.09. The third-order valence-electron chi connectivity index (χ3n) is 2.84. The second kappa shape index (κ2) is 7.09. The summed E-state index contributed by atoms with van der Waals surface area (Å²) in [5, 5.41) is 2.93. The molecule has 0 aromatic heterocycles. The van der Waals surface area contributed by atoms with Gasteiger partial charge in [0.2, 0.25) is 0 Å². The van der Waals surface area contributed by atoms with E-state index in [0.29, 0.717) is 13.2 Å². The van der Waals surface area contributed by atoms with Gasteiger partial charge in [-0.2, -0.15) is 0 Å². The van der Waals surface area contributed by atoms with Crippen molar-refractivity contribution in [2.24, 2.45) is 0 Å². The van der Waals surface area contributed by atoms with Gasteiger partial charge in [-0.25, -0.2) is 4.39 Å². The highest BCUT2D eigenvalue weighted by Gasteiger charge is 2.11. The van der Waals surface area contributed by atoms with Crippen LogP contribution in [0.2, 0.25) is 5.02 Å². The Hall–Kier alpha value is -2.07. The Bertz CT molecular complexity index is 646. The van der Waals surface area contributed by atoms with Crippen LogP contribution in [0, 0.1) is 5.82 Å². The van der Waals surface area contributed by atoms with Gasteiger partial charge in [0.25, 0.3) is 5.91 Å². The standard InChI is InChI=1S/C16H15ClFNO2/c1-2-21-13-5-3-4-11(8-13)10-19-16(20)14-9-12(18)6-7-15(14)17/h3-9H,2,10H2,1H3,(H,19,20). The molecule has 3 nitrogen and oxygen atoms in total. The van der Waals surface area contributed by atoms with Crippen molar-refractivity contribution < 1.29 is 13.9 Å². The first kappa shape index (κ1) is 15.3. The van der Waals surface area contributed by atoms with Crippen LogP contribution in [0.25, 0.3) is 0 Å². The predicted molar refractivity (Wildman–Crippen MR) is 80.2 cm³/mol. The van der Waals surface area contributed by atoms with E-state index in [2.05, 4.69) is 5.32 Å². The molecule has 0 heterocycles. The Kier molecular flexibility index (Phi) is 5.17. The maximum absolute atomic E-state index is 13.2. The van der Waals surface area contributed by atoms with Gasteiger partial charge in [-0.15, -0.1) is 0 Å². The molecular weight excluding hydrogens is 293 g/mol. The molecule has 0 bridgehead atoms. The lowest BCUT2D eigenvalue weighted by atomic mass is 10.2. The van der Waals surface area contributed by atoms with E-state index in [1.807, 2.05) is 31.2 Å². The third kappa shape index (κ3) is 4.20. The topological polar surface area (TPSA) is 38.3 Å². The Morgan fingerprint density at radius 3 is 2.86 bits per heavy atom. The van der Waals surface area contributed by atoms with E-state index in [9.17, 15) is 9.18 Å². The van der Waals surface area contributed by atoms with E-state index in [1.54, 1.807) is 0 Å². The first-order valence-corrected chi connectivity index (χ1v) is 6.93. The summed E-state index contributed by atoms with van der Waals surface area (Å²) in [6.07, 6.45) is 0. The molecule has 0 unspecified atom stereocenters. The molecule has 0 aliphatic rings. The lowest BCUT2D eigenvalue weighted by molar-refractivity contribution is 0.0950. The van der Waals surface area contributed by atoms with Gasteiger partial charge in [-0.3, -0.25) is 4.79 Å². The van der Waals surface area contributed by atoms with Crippen LogP contribution in [-0.2, 0) is 6.54 Å². The Balaban J connectivity index is 2.04. The van der Waals surface area contributed by atoms with Crippen molar-refractivity contribution in [3.8, 4) is 5.75 Å². The average molecular weight is 308 g/mol. The summed E-state index contributed by atoms with van der Waals surface area (Å²) in [5.74, 6) is -0.169. The summed E-state index contributed by atoms with van der Waals surface area (Å²) in [4.78, 5) is 12.0. The number of rotatable bonds is 5. The fourth-order valence-corrected chi connectivity index (χ4v) is 2.06. The van der Waals surface area contributed by atoms with Crippen molar-refractivity contribution in [3.05, 3.63) is 64.4 Å². The fourth-order valence-electron chi connectivity index (χ4n) is 1.86. The molecule has 2 aromatic carbocycles. The number of nitrogens with one attached hydrogen (secondary N) is 1. The largest absolute Gasteiger partial charge is 0.494 e. The van der Waals surface area contributed by atoms with E-state index in [1.165, 1.54) is 12.1 Å².